The Balaban J connectivity index is 1.57. The first-order valence-electron chi connectivity index (χ1n) is 7.81. The van der Waals surface area contributed by atoms with Crippen molar-refractivity contribution in [2.45, 2.75) is 30.7 Å². The Bertz CT molecular complexity index is 827. The number of hydrogen-bond acceptors (Lipinski definition) is 4. The number of sulfonamides is 1. The van der Waals surface area contributed by atoms with E-state index in [0.29, 0.717) is 25.9 Å². The lowest BCUT2D eigenvalue weighted by Gasteiger charge is -2.26. The summed E-state index contributed by atoms with van der Waals surface area (Å²) in [7, 11) is -2.04. The average Bonchev–Trinajstić information content (AvgIpc) is 3.07. The summed E-state index contributed by atoms with van der Waals surface area (Å²) in [4.78, 5) is 21.7. The van der Waals surface area contributed by atoms with E-state index in [4.69, 9.17) is 0 Å². The molecule has 3 rings (SSSR count). The fourth-order valence-corrected chi connectivity index (χ4v) is 3.52. The Kier molecular flexibility index (Phi) is 4.68. The molecule has 0 atom stereocenters. The number of imidazole rings is 1. The van der Waals surface area contributed by atoms with Gasteiger partial charge in [-0.3, -0.25) is 4.79 Å². The van der Waals surface area contributed by atoms with Gasteiger partial charge in [0.15, 0.2) is 0 Å². The molecule has 1 aliphatic heterocycles. The summed E-state index contributed by atoms with van der Waals surface area (Å²) in [5.74, 6) is 0.0992. The molecule has 0 bridgehead atoms. The van der Waals surface area contributed by atoms with Gasteiger partial charge in [0.05, 0.1) is 29.2 Å². The van der Waals surface area contributed by atoms with Crippen LogP contribution in [0.4, 0.5) is 0 Å². The van der Waals surface area contributed by atoms with Crippen molar-refractivity contribution < 1.29 is 13.2 Å². The van der Waals surface area contributed by atoms with Crippen LogP contribution >= 0.6 is 0 Å². The van der Waals surface area contributed by atoms with Gasteiger partial charge < -0.3 is 9.88 Å². The second-order valence-corrected chi connectivity index (χ2v) is 7.63. The quantitative estimate of drug-likeness (QED) is 0.837. The molecule has 1 amide bonds. The predicted octanol–water partition coefficient (Wildman–Crippen LogP) is 0.835. The van der Waals surface area contributed by atoms with E-state index in [2.05, 4.69) is 14.7 Å². The number of rotatable bonds is 5. The summed E-state index contributed by atoms with van der Waals surface area (Å²) in [5, 5.41) is 0. The number of carbonyl (C=O) groups excluding carboxylic acids is 1. The van der Waals surface area contributed by atoms with Gasteiger partial charge >= 0.3 is 0 Å². The van der Waals surface area contributed by atoms with Crippen LogP contribution in [0.15, 0.2) is 35.5 Å². The number of fused-ring (bicyclic) bond motifs is 1. The van der Waals surface area contributed by atoms with E-state index in [0.717, 1.165) is 23.4 Å². The Morgan fingerprint density at radius 2 is 2.08 bits per heavy atom. The van der Waals surface area contributed by atoms with Crippen molar-refractivity contribution in [1.29, 1.82) is 0 Å². The highest BCUT2D eigenvalue weighted by Gasteiger charge is 2.22. The monoisotopic (exact) mass is 348 g/mol. The van der Waals surface area contributed by atoms with Crippen molar-refractivity contribution in [2.75, 3.05) is 13.6 Å². The van der Waals surface area contributed by atoms with Gasteiger partial charge in [-0.15, -0.1) is 0 Å². The van der Waals surface area contributed by atoms with Crippen LogP contribution in [0.2, 0.25) is 0 Å². The summed E-state index contributed by atoms with van der Waals surface area (Å²) < 4.78 is 25.6. The molecule has 0 fully saturated rings. The minimum Gasteiger partial charge on any atom is -0.347 e. The fourth-order valence-electron chi connectivity index (χ4n) is 2.79. The zero-order chi connectivity index (χ0) is 17.2. The minimum absolute atomic E-state index is 0.0992. The van der Waals surface area contributed by atoms with Crippen molar-refractivity contribution in [2.24, 2.45) is 0 Å². The third-order valence-corrected chi connectivity index (χ3v) is 5.69. The first-order valence-corrected chi connectivity index (χ1v) is 9.29. The maximum Gasteiger partial charge on any atom is 0.240 e. The highest BCUT2D eigenvalue weighted by Crippen LogP contribution is 2.17. The smallest absolute Gasteiger partial charge is 0.240 e. The van der Waals surface area contributed by atoms with Crippen LogP contribution < -0.4 is 4.72 Å². The molecule has 1 aromatic heterocycles. The predicted molar refractivity (Wildman–Crippen MR) is 88.7 cm³/mol. The van der Waals surface area contributed by atoms with Gasteiger partial charge in [-0.05, 0) is 31.2 Å². The van der Waals surface area contributed by atoms with E-state index >= 15 is 0 Å². The van der Waals surface area contributed by atoms with Gasteiger partial charge in [0, 0.05) is 19.4 Å². The minimum atomic E-state index is -3.42. The fraction of sp³-hybridized carbons (Fsp3) is 0.375. The third kappa shape index (κ3) is 3.49. The molecular formula is C16H20N4O3S. The topological polar surface area (TPSA) is 95.2 Å². The number of aryl methyl sites for hydroxylation is 1. The molecule has 0 spiro atoms. The van der Waals surface area contributed by atoms with Crippen LogP contribution in [0.5, 0.6) is 0 Å². The molecule has 128 valence electrons. The van der Waals surface area contributed by atoms with E-state index in [9.17, 15) is 13.2 Å². The number of carbonyl (C=O) groups is 1. The molecule has 1 aliphatic rings. The Hall–Kier alpha value is -2.19. The number of H-pyrrole nitrogens is 1. The number of hydrogen-bond donors (Lipinski definition) is 2. The second-order valence-electron chi connectivity index (χ2n) is 5.74. The maximum atomic E-state index is 12.4. The molecule has 7 nitrogen and oxygen atoms in total. The Labute approximate surface area is 141 Å². The number of amides is 1. The lowest BCUT2D eigenvalue weighted by Crippen LogP contribution is -2.36. The summed E-state index contributed by atoms with van der Waals surface area (Å²) in [6.07, 6.45) is 3.44. The van der Waals surface area contributed by atoms with Crippen LogP contribution in [0.3, 0.4) is 0 Å². The SMILES string of the molecule is CNS(=O)(=O)c1ccc(CCC(=O)N2CCc3nc[nH]c3C2)cc1. The largest absolute Gasteiger partial charge is 0.347 e. The second kappa shape index (κ2) is 6.74. The van der Waals surface area contributed by atoms with E-state index < -0.39 is 10.0 Å². The number of benzene rings is 1. The summed E-state index contributed by atoms with van der Waals surface area (Å²) in [5.41, 5.74) is 2.99. The molecule has 2 N–H and O–H groups in total. The molecule has 0 unspecified atom stereocenters. The average molecular weight is 348 g/mol. The van der Waals surface area contributed by atoms with Crippen LogP contribution in [0.1, 0.15) is 23.4 Å². The van der Waals surface area contributed by atoms with Gasteiger partial charge in [-0.1, -0.05) is 12.1 Å². The normalized spacial score (nSPS) is 14.5. The third-order valence-electron chi connectivity index (χ3n) is 4.26. The van der Waals surface area contributed by atoms with E-state index in [1.165, 1.54) is 7.05 Å². The highest BCUT2D eigenvalue weighted by molar-refractivity contribution is 7.89. The van der Waals surface area contributed by atoms with E-state index in [1.807, 2.05) is 4.90 Å². The number of nitrogens with zero attached hydrogens (tertiary/aromatic N) is 2. The van der Waals surface area contributed by atoms with Crippen molar-refractivity contribution in [1.82, 2.24) is 19.6 Å². The Morgan fingerprint density at radius 1 is 1.33 bits per heavy atom. The van der Waals surface area contributed by atoms with Gasteiger partial charge in [0.1, 0.15) is 0 Å². The molecule has 0 radical (unpaired) electrons. The lowest BCUT2D eigenvalue weighted by molar-refractivity contribution is -0.132. The van der Waals surface area contributed by atoms with Gasteiger partial charge in [-0.2, -0.15) is 0 Å². The van der Waals surface area contributed by atoms with Crippen LogP contribution in [-0.4, -0.2) is 42.8 Å². The molecular weight excluding hydrogens is 328 g/mol. The van der Waals surface area contributed by atoms with Gasteiger partial charge in [-0.25, -0.2) is 18.1 Å². The van der Waals surface area contributed by atoms with E-state index in [-0.39, 0.29) is 10.8 Å². The zero-order valence-corrected chi connectivity index (χ0v) is 14.3. The van der Waals surface area contributed by atoms with Crippen LogP contribution in [0.25, 0.3) is 0 Å². The van der Waals surface area contributed by atoms with Crippen LogP contribution in [0, 0.1) is 0 Å². The molecule has 24 heavy (non-hydrogen) atoms. The molecule has 0 aliphatic carbocycles. The highest BCUT2D eigenvalue weighted by atomic mass is 32.2. The number of nitrogens with one attached hydrogen (secondary N) is 2. The van der Waals surface area contributed by atoms with Crippen molar-refractivity contribution in [3.63, 3.8) is 0 Å². The standard InChI is InChI=1S/C16H20N4O3S/c1-17-24(22,23)13-5-2-12(3-6-13)4-7-16(21)20-9-8-14-15(10-20)19-11-18-14/h2-3,5-6,11,17H,4,7-10H2,1H3,(H,18,19). The van der Waals surface area contributed by atoms with Gasteiger partial charge in [0.25, 0.3) is 0 Å². The van der Waals surface area contributed by atoms with Gasteiger partial charge in [0.2, 0.25) is 15.9 Å². The van der Waals surface area contributed by atoms with Crippen molar-refractivity contribution >= 4 is 15.9 Å². The molecule has 2 heterocycles. The Morgan fingerprint density at radius 3 is 2.79 bits per heavy atom. The summed E-state index contributed by atoms with van der Waals surface area (Å²) >= 11 is 0. The first kappa shape index (κ1) is 16.7. The zero-order valence-electron chi connectivity index (χ0n) is 13.4. The van der Waals surface area contributed by atoms with Crippen LogP contribution in [-0.2, 0) is 34.2 Å². The maximum absolute atomic E-state index is 12.4. The molecule has 2 aromatic rings. The molecule has 1 aromatic carbocycles. The van der Waals surface area contributed by atoms with E-state index in [1.54, 1.807) is 30.6 Å². The number of aromatic amines is 1. The molecule has 0 saturated heterocycles. The van der Waals surface area contributed by atoms with Crippen molar-refractivity contribution in [3.8, 4) is 0 Å². The summed E-state index contributed by atoms with van der Waals surface area (Å²) in [6, 6.07) is 6.62. The molecule has 0 saturated carbocycles. The first-order chi connectivity index (χ1) is 11.5. The summed E-state index contributed by atoms with van der Waals surface area (Å²) in [6.45, 7) is 1.27. The van der Waals surface area contributed by atoms with Crippen molar-refractivity contribution in [3.05, 3.63) is 47.5 Å². The molecule has 8 heteroatoms. The number of aromatic nitrogens is 2. The lowest BCUT2D eigenvalue weighted by atomic mass is 10.1.